The predicted molar refractivity (Wildman–Crippen MR) is 123 cm³/mol. The molecule has 0 radical (unpaired) electrons. The number of guanidine groups is 1. The highest BCUT2D eigenvalue weighted by atomic mass is 16.5. The number of carbonyl (C=O) groups excluding carboxylic acids is 1. The average molecular weight is 449 g/mol. The Morgan fingerprint density at radius 2 is 1.75 bits per heavy atom. The summed E-state index contributed by atoms with van der Waals surface area (Å²) in [6, 6.07) is 3.72. The molecular weight excluding hydrogens is 412 g/mol. The van der Waals surface area contributed by atoms with Gasteiger partial charge in [-0.25, -0.2) is 0 Å². The first-order chi connectivity index (χ1) is 15.6. The molecule has 0 aliphatic carbocycles. The van der Waals surface area contributed by atoms with Crippen LogP contribution >= 0.6 is 0 Å². The maximum Gasteiger partial charge on any atom is 0.251 e. The first kappa shape index (κ1) is 24.0. The Kier molecular flexibility index (Phi) is 8.84. The number of ether oxygens (including phenoxy) is 4. The van der Waals surface area contributed by atoms with Crippen LogP contribution in [0.25, 0.3) is 0 Å². The first-order valence-electron chi connectivity index (χ1n) is 11.3. The van der Waals surface area contributed by atoms with E-state index in [0.717, 1.165) is 55.5 Å². The monoisotopic (exact) mass is 448 g/mol. The maximum atomic E-state index is 12.6. The van der Waals surface area contributed by atoms with Gasteiger partial charge in [-0.05, 0) is 26.2 Å². The van der Waals surface area contributed by atoms with Crippen molar-refractivity contribution in [2.75, 3.05) is 67.2 Å². The van der Waals surface area contributed by atoms with E-state index in [-0.39, 0.29) is 12.0 Å². The van der Waals surface area contributed by atoms with Crippen LogP contribution in [-0.4, -0.2) is 95.0 Å². The predicted octanol–water partition coefficient (Wildman–Crippen LogP) is 1.54. The lowest BCUT2D eigenvalue weighted by Crippen LogP contribution is -2.55. The Morgan fingerprint density at radius 3 is 2.28 bits per heavy atom. The van der Waals surface area contributed by atoms with Crippen LogP contribution in [0.1, 0.15) is 25.3 Å². The van der Waals surface area contributed by atoms with Crippen LogP contribution in [0, 0.1) is 0 Å². The van der Waals surface area contributed by atoms with Gasteiger partial charge in [0.2, 0.25) is 0 Å². The lowest BCUT2D eigenvalue weighted by atomic mass is 10.1. The van der Waals surface area contributed by atoms with E-state index >= 15 is 0 Å². The normalized spacial score (nSPS) is 19.1. The third kappa shape index (κ3) is 5.76. The highest BCUT2D eigenvalue weighted by Crippen LogP contribution is 2.34. The van der Waals surface area contributed by atoms with Crippen LogP contribution < -0.4 is 19.5 Å². The van der Waals surface area contributed by atoms with Gasteiger partial charge in [-0.15, -0.1) is 0 Å². The van der Waals surface area contributed by atoms with Gasteiger partial charge in [-0.2, -0.15) is 0 Å². The molecule has 0 saturated carbocycles. The largest absolute Gasteiger partial charge is 0.496 e. The molecule has 1 aromatic carbocycles. The minimum atomic E-state index is -0.252. The van der Waals surface area contributed by atoms with Crippen molar-refractivity contribution in [3.05, 3.63) is 17.7 Å². The lowest BCUT2D eigenvalue weighted by Gasteiger charge is -2.37. The summed E-state index contributed by atoms with van der Waals surface area (Å²) in [4.78, 5) is 21.6. The van der Waals surface area contributed by atoms with Gasteiger partial charge in [-0.3, -0.25) is 9.79 Å². The van der Waals surface area contributed by atoms with Crippen molar-refractivity contribution in [2.45, 2.75) is 32.3 Å². The number of nitrogens with zero attached hydrogens (tertiary/aromatic N) is 3. The second kappa shape index (κ2) is 11.8. The number of aliphatic imine (C=N–C) groups is 1. The van der Waals surface area contributed by atoms with Crippen LogP contribution in [0.15, 0.2) is 17.1 Å². The SMILES string of the molecule is CCNC(=NCCc1c(OC)cc(OC)cc1OC)N1CCN(C(=O)C2CCCO2)CC1. The molecule has 9 heteroatoms. The Hall–Kier alpha value is -2.68. The second-order valence-electron chi connectivity index (χ2n) is 7.81. The Bertz CT molecular complexity index is 762. The standard InChI is InChI=1S/C23H36N4O5/c1-5-24-23(27-12-10-26(11-13-27)22(28)19-7-6-14-32-19)25-9-8-18-20(30-3)15-17(29-2)16-21(18)31-4/h15-16,19H,5-14H2,1-4H3,(H,24,25). The topological polar surface area (TPSA) is 84.9 Å². The van der Waals surface area contributed by atoms with E-state index in [9.17, 15) is 4.79 Å². The molecule has 0 spiro atoms. The number of piperazine rings is 1. The van der Waals surface area contributed by atoms with Crippen molar-refractivity contribution >= 4 is 11.9 Å². The first-order valence-corrected chi connectivity index (χ1v) is 11.3. The molecule has 2 aliphatic rings. The van der Waals surface area contributed by atoms with Crippen LogP contribution in [-0.2, 0) is 16.0 Å². The number of methoxy groups -OCH3 is 3. The average Bonchev–Trinajstić information content (AvgIpc) is 3.38. The quantitative estimate of drug-likeness (QED) is 0.477. The van der Waals surface area contributed by atoms with Crippen molar-refractivity contribution in [1.82, 2.24) is 15.1 Å². The maximum absolute atomic E-state index is 12.6. The number of rotatable bonds is 8. The number of carbonyl (C=O) groups is 1. The zero-order valence-corrected chi connectivity index (χ0v) is 19.7. The van der Waals surface area contributed by atoms with Crippen molar-refractivity contribution in [3.8, 4) is 17.2 Å². The van der Waals surface area contributed by atoms with Crippen molar-refractivity contribution < 1.29 is 23.7 Å². The summed E-state index contributed by atoms with van der Waals surface area (Å²) in [5, 5.41) is 3.38. The molecule has 2 saturated heterocycles. The minimum absolute atomic E-state index is 0.128. The molecule has 0 bridgehead atoms. The fraction of sp³-hybridized carbons (Fsp3) is 0.652. The lowest BCUT2D eigenvalue weighted by molar-refractivity contribution is -0.142. The molecule has 2 aliphatic heterocycles. The van der Waals surface area contributed by atoms with E-state index in [2.05, 4.69) is 17.1 Å². The van der Waals surface area contributed by atoms with Gasteiger partial charge >= 0.3 is 0 Å². The fourth-order valence-electron chi connectivity index (χ4n) is 4.14. The zero-order chi connectivity index (χ0) is 22.9. The Labute approximate surface area is 190 Å². The molecule has 178 valence electrons. The number of amides is 1. The summed E-state index contributed by atoms with van der Waals surface area (Å²) < 4.78 is 22.0. The highest BCUT2D eigenvalue weighted by molar-refractivity contribution is 5.83. The summed E-state index contributed by atoms with van der Waals surface area (Å²) in [7, 11) is 4.90. The molecule has 0 aromatic heterocycles. The van der Waals surface area contributed by atoms with Gasteiger partial charge in [0.25, 0.3) is 5.91 Å². The van der Waals surface area contributed by atoms with E-state index in [1.807, 2.05) is 17.0 Å². The molecule has 2 heterocycles. The summed E-state index contributed by atoms with van der Waals surface area (Å²) in [5.74, 6) is 3.13. The van der Waals surface area contributed by atoms with Gasteiger partial charge in [0.1, 0.15) is 23.4 Å². The van der Waals surface area contributed by atoms with Crippen LogP contribution in [0.4, 0.5) is 0 Å². The molecule has 9 nitrogen and oxygen atoms in total. The van der Waals surface area contributed by atoms with Crippen LogP contribution in [0.2, 0.25) is 0 Å². The van der Waals surface area contributed by atoms with E-state index in [1.54, 1.807) is 21.3 Å². The van der Waals surface area contributed by atoms with Crippen LogP contribution in [0.5, 0.6) is 17.2 Å². The molecule has 1 atom stereocenters. The number of hydrogen-bond acceptors (Lipinski definition) is 6. The second-order valence-corrected chi connectivity index (χ2v) is 7.81. The van der Waals surface area contributed by atoms with Gasteiger partial charge < -0.3 is 34.1 Å². The molecule has 1 unspecified atom stereocenters. The van der Waals surface area contributed by atoms with Gasteiger partial charge in [0.15, 0.2) is 5.96 Å². The summed E-state index contributed by atoms with van der Waals surface area (Å²) in [6.45, 7) is 6.98. The van der Waals surface area contributed by atoms with Gasteiger partial charge in [0, 0.05) is 63.6 Å². The van der Waals surface area contributed by atoms with Crippen molar-refractivity contribution in [1.29, 1.82) is 0 Å². The molecule has 1 N–H and O–H groups in total. The van der Waals surface area contributed by atoms with Crippen LogP contribution in [0.3, 0.4) is 0 Å². The molecule has 1 amide bonds. The highest BCUT2D eigenvalue weighted by Gasteiger charge is 2.30. The van der Waals surface area contributed by atoms with Crippen molar-refractivity contribution in [2.24, 2.45) is 4.99 Å². The van der Waals surface area contributed by atoms with E-state index in [1.165, 1.54) is 0 Å². The zero-order valence-electron chi connectivity index (χ0n) is 19.7. The fourth-order valence-corrected chi connectivity index (χ4v) is 4.14. The van der Waals surface area contributed by atoms with Gasteiger partial charge in [-0.1, -0.05) is 0 Å². The molecular formula is C23H36N4O5. The summed E-state index contributed by atoms with van der Waals surface area (Å²) in [5.41, 5.74) is 0.961. The van der Waals surface area contributed by atoms with Gasteiger partial charge in [0.05, 0.1) is 21.3 Å². The third-order valence-corrected chi connectivity index (χ3v) is 5.87. The Balaban J connectivity index is 1.62. The molecule has 1 aromatic rings. The number of hydrogen-bond donors (Lipinski definition) is 1. The van der Waals surface area contributed by atoms with E-state index < -0.39 is 0 Å². The third-order valence-electron chi connectivity index (χ3n) is 5.87. The molecule has 3 rings (SSSR count). The number of nitrogens with one attached hydrogen (secondary N) is 1. The number of benzene rings is 1. The molecule has 32 heavy (non-hydrogen) atoms. The molecule has 2 fully saturated rings. The summed E-state index contributed by atoms with van der Waals surface area (Å²) >= 11 is 0. The van der Waals surface area contributed by atoms with E-state index in [0.29, 0.717) is 38.4 Å². The Morgan fingerprint density at radius 1 is 1.09 bits per heavy atom. The minimum Gasteiger partial charge on any atom is -0.496 e. The smallest absolute Gasteiger partial charge is 0.251 e. The van der Waals surface area contributed by atoms with Crippen molar-refractivity contribution in [3.63, 3.8) is 0 Å². The summed E-state index contributed by atoms with van der Waals surface area (Å²) in [6.07, 6.45) is 2.22. The van der Waals surface area contributed by atoms with E-state index in [4.69, 9.17) is 23.9 Å².